The van der Waals surface area contributed by atoms with Crippen molar-refractivity contribution in [3.05, 3.63) is 127 Å². The van der Waals surface area contributed by atoms with Crippen molar-refractivity contribution in [2.45, 2.75) is 50.0 Å². The van der Waals surface area contributed by atoms with E-state index in [1.165, 1.54) is 25.3 Å². The van der Waals surface area contributed by atoms with Gasteiger partial charge in [-0.1, -0.05) is 59.6 Å². The van der Waals surface area contributed by atoms with Gasteiger partial charge in [-0.15, -0.1) is 0 Å². The third kappa shape index (κ3) is 6.15. The minimum Gasteiger partial charge on any atom is -0.494 e. The molecule has 0 saturated carbocycles. The van der Waals surface area contributed by atoms with Gasteiger partial charge < -0.3 is 25.2 Å². The van der Waals surface area contributed by atoms with E-state index in [9.17, 15) is 24.8 Å². The van der Waals surface area contributed by atoms with Gasteiger partial charge in [0.15, 0.2) is 0 Å². The molecule has 11 nitrogen and oxygen atoms in total. The van der Waals surface area contributed by atoms with Gasteiger partial charge in [-0.05, 0) is 54.8 Å². The van der Waals surface area contributed by atoms with Gasteiger partial charge in [-0.2, -0.15) is 0 Å². The molecule has 2 heterocycles. The fraction of sp³-hybridized carbons (Fsp3) is 0.333. The number of nitro groups is 1. The number of hydrogen-bond donors (Lipinski definition) is 3. The standard InChI is InChI=1S/C36H35Cl2FN4O7/c1-3-50-24-7-4-6-20(14-24)18-42-30(19-44)33(40-17-22-11-10-21(34(45)49-2)15-29(22)43(47)48)31(25-8-5-9-27(38)32(25)39)36(42)26-13-12-23(37)16-28(26)41-35(36)46/h4-12,14-16,26,30-31,33,40,44H,3,13,17-19H2,1-2H3,(H,41,46)/t26?,30-,31-,33+,36+/m1/s1. The number of allylic oxidation sites excluding steroid dienone is 3. The number of rotatable bonds is 11. The first-order valence-electron chi connectivity index (χ1n) is 16.1. The number of nitro benzene ring substituents is 1. The van der Waals surface area contributed by atoms with Gasteiger partial charge in [0.2, 0.25) is 5.91 Å². The summed E-state index contributed by atoms with van der Waals surface area (Å²) in [4.78, 5) is 40.3. The lowest BCUT2D eigenvalue weighted by atomic mass is 9.68. The molecule has 14 heteroatoms. The van der Waals surface area contributed by atoms with E-state index >= 15 is 4.39 Å². The molecule has 6 rings (SSSR count). The molecule has 3 aromatic rings. The number of halogens is 3. The number of likely N-dealkylation sites (tertiary alicyclic amines) is 1. The van der Waals surface area contributed by atoms with Crippen LogP contribution in [0.4, 0.5) is 10.1 Å². The van der Waals surface area contributed by atoms with Gasteiger partial charge in [-0.3, -0.25) is 19.8 Å². The average molecular weight is 726 g/mol. The molecule has 0 bridgehead atoms. The Balaban J connectivity index is 1.53. The monoisotopic (exact) mass is 724 g/mol. The molecule has 2 fully saturated rings. The normalized spacial score (nSPS) is 24.4. The van der Waals surface area contributed by atoms with E-state index in [0.29, 0.717) is 29.5 Å². The van der Waals surface area contributed by atoms with E-state index in [-0.39, 0.29) is 40.5 Å². The van der Waals surface area contributed by atoms with Crippen LogP contribution in [0.15, 0.2) is 83.5 Å². The van der Waals surface area contributed by atoms with E-state index in [4.69, 9.17) is 32.7 Å². The van der Waals surface area contributed by atoms with Crippen molar-refractivity contribution < 1.29 is 33.5 Å². The molecule has 5 atom stereocenters. The van der Waals surface area contributed by atoms with Gasteiger partial charge >= 0.3 is 5.97 Å². The Kier molecular flexibility index (Phi) is 10.3. The first-order valence-corrected chi connectivity index (χ1v) is 16.8. The maximum atomic E-state index is 16.3. The maximum Gasteiger partial charge on any atom is 0.338 e. The summed E-state index contributed by atoms with van der Waals surface area (Å²) in [5.41, 5.74) is -0.102. The van der Waals surface area contributed by atoms with E-state index in [2.05, 4.69) is 10.6 Å². The summed E-state index contributed by atoms with van der Waals surface area (Å²) < 4.78 is 26.8. The summed E-state index contributed by atoms with van der Waals surface area (Å²) in [5, 5.41) is 30.0. The fourth-order valence-electron chi connectivity index (χ4n) is 7.78. The molecule has 50 heavy (non-hydrogen) atoms. The first kappa shape index (κ1) is 35.5. The van der Waals surface area contributed by atoms with Crippen molar-refractivity contribution in [2.24, 2.45) is 5.92 Å². The highest BCUT2D eigenvalue weighted by Crippen LogP contribution is 2.57. The van der Waals surface area contributed by atoms with Crippen molar-refractivity contribution in [3.63, 3.8) is 0 Å². The second-order valence-corrected chi connectivity index (χ2v) is 13.2. The van der Waals surface area contributed by atoms with Crippen LogP contribution in [0.5, 0.6) is 5.75 Å². The van der Waals surface area contributed by atoms with Crippen LogP contribution in [0.1, 0.15) is 46.3 Å². The minimum atomic E-state index is -1.49. The molecule has 2 saturated heterocycles. The summed E-state index contributed by atoms with van der Waals surface area (Å²) in [5.74, 6) is -2.74. The van der Waals surface area contributed by atoms with Crippen molar-refractivity contribution >= 4 is 40.8 Å². The second kappa shape index (κ2) is 14.5. The largest absolute Gasteiger partial charge is 0.494 e. The van der Waals surface area contributed by atoms with E-state index in [1.807, 2.05) is 36.1 Å². The zero-order valence-corrected chi connectivity index (χ0v) is 28.7. The summed E-state index contributed by atoms with van der Waals surface area (Å²) in [7, 11) is 1.18. The van der Waals surface area contributed by atoms with Gasteiger partial charge in [0.1, 0.15) is 17.1 Å². The Bertz CT molecular complexity index is 1910. The number of aliphatic hydroxyl groups is 1. The number of fused-ring (bicyclic) bond motifs is 2. The zero-order valence-electron chi connectivity index (χ0n) is 27.2. The lowest BCUT2D eigenvalue weighted by Crippen LogP contribution is -2.58. The molecule has 1 unspecified atom stereocenters. The quantitative estimate of drug-likeness (QED) is 0.131. The molecule has 3 N–H and O–H groups in total. The number of carbonyl (C=O) groups excluding carboxylic acids is 2. The molecular weight excluding hydrogens is 690 g/mol. The Labute approximate surface area is 297 Å². The van der Waals surface area contributed by atoms with E-state index in [1.54, 1.807) is 24.3 Å². The van der Waals surface area contributed by atoms with Crippen LogP contribution < -0.4 is 15.4 Å². The van der Waals surface area contributed by atoms with Crippen LogP contribution >= 0.6 is 23.2 Å². The second-order valence-electron chi connectivity index (χ2n) is 12.3. The summed E-state index contributed by atoms with van der Waals surface area (Å²) in [6, 6.07) is 14.3. The number of aliphatic hydroxyl groups excluding tert-OH is 1. The number of hydrogen-bond acceptors (Lipinski definition) is 9. The molecule has 1 aliphatic carbocycles. The van der Waals surface area contributed by atoms with Crippen molar-refractivity contribution in [2.75, 3.05) is 20.3 Å². The smallest absolute Gasteiger partial charge is 0.338 e. The predicted molar refractivity (Wildman–Crippen MR) is 184 cm³/mol. The van der Waals surface area contributed by atoms with Crippen LogP contribution in [0, 0.1) is 21.8 Å². The highest BCUT2D eigenvalue weighted by atomic mass is 35.5. The van der Waals surface area contributed by atoms with Crippen LogP contribution in [-0.2, 0) is 22.6 Å². The zero-order chi connectivity index (χ0) is 35.7. The Morgan fingerprint density at radius 3 is 2.70 bits per heavy atom. The minimum absolute atomic E-state index is 0.00120. The SMILES string of the molecule is CCOc1cccc(CN2[C@H](CO)[C@H](NCc3ccc(C(=O)OC)cc3[N+](=O)[O-])[C@@H](c3cccc(Cl)c3F)[C@@]23C(=O)NC2=CC(Cl)=CCC23)c1. The van der Waals surface area contributed by atoms with Crippen LogP contribution in [0.3, 0.4) is 0 Å². The first-order chi connectivity index (χ1) is 24.0. The van der Waals surface area contributed by atoms with E-state index < -0.39 is 58.7 Å². The molecule has 0 aromatic heterocycles. The number of ether oxygens (including phenoxy) is 2. The molecule has 262 valence electrons. The number of nitrogens with one attached hydrogen (secondary N) is 2. The number of esters is 1. The lowest BCUT2D eigenvalue weighted by molar-refractivity contribution is -0.385. The summed E-state index contributed by atoms with van der Waals surface area (Å²) in [6.07, 6.45) is 3.82. The van der Waals surface area contributed by atoms with Crippen molar-refractivity contribution in [3.8, 4) is 5.75 Å². The number of amides is 1. The molecular formula is C36H35Cl2FN4O7. The summed E-state index contributed by atoms with van der Waals surface area (Å²) in [6.45, 7) is 1.89. The van der Waals surface area contributed by atoms with Gasteiger partial charge in [0.25, 0.3) is 5.69 Å². The molecule has 3 aromatic carbocycles. The molecule has 0 radical (unpaired) electrons. The van der Waals surface area contributed by atoms with Gasteiger partial charge in [-0.25, -0.2) is 9.18 Å². The third-order valence-corrected chi connectivity index (χ3v) is 10.3. The number of methoxy groups -OCH3 is 1. The lowest BCUT2D eigenvalue weighted by Gasteiger charge is -2.43. The highest BCUT2D eigenvalue weighted by Gasteiger charge is 2.69. The molecule has 3 aliphatic rings. The Morgan fingerprint density at radius 2 is 1.98 bits per heavy atom. The highest BCUT2D eigenvalue weighted by molar-refractivity contribution is 6.31. The van der Waals surface area contributed by atoms with Crippen molar-refractivity contribution in [1.29, 1.82) is 0 Å². The number of benzene rings is 3. The number of nitrogens with zero attached hydrogens (tertiary/aromatic N) is 2. The Morgan fingerprint density at radius 1 is 1.20 bits per heavy atom. The summed E-state index contributed by atoms with van der Waals surface area (Å²) >= 11 is 12.8. The number of carbonyl (C=O) groups is 2. The van der Waals surface area contributed by atoms with Crippen LogP contribution in [0.2, 0.25) is 5.02 Å². The van der Waals surface area contributed by atoms with E-state index in [0.717, 1.165) is 11.6 Å². The van der Waals surface area contributed by atoms with Crippen molar-refractivity contribution in [1.82, 2.24) is 15.5 Å². The van der Waals surface area contributed by atoms with Crippen LogP contribution in [-0.4, -0.2) is 64.8 Å². The molecule has 1 spiro atoms. The molecule has 2 aliphatic heterocycles. The topological polar surface area (TPSA) is 143 Å². The maximum absolute atomic E-state index is 16.3. The van der Waals surface area contributed by atoms with Crippen LogP contribution in [0.25, 0.3) is 0 Å². The van der Waals surface area contributed by atoms with Gasteiger partial charge in [0.05, 0.1) is 41.9 Å². The Hall–Kier alpha value is -4.33. The predicted octanol–water partition coefficient (Wildman–Crippen LogP) is 5.59. The average Bonchev–Trinajstić information content (AvgIpc) is 3.54. The fourth-order valence-corrected chi connectivity index (χ4v) is 8.17. The molecule has 1 amide bonds. The third-order valence-electron chi connectivity index (χ3n) is 9.79. The van der Waals surface area contributed by atoms with Gasteiger partial charge in [0, 0.05) is 53.3 Å².